The standard InChI is InChI=1S/C12H16F3NO/c1-16(2)8-7-11(17)9-3-5-10(6-4-9)12(13,14)15/h3-6,11,17H,7-8H2,1-2H3. The maximum atomic E-state index is 12.3. The van der Waals surface area contributed by atoms with Gasteiger partial charge in [-0.3, -0.25) is 0 Å². The summed E-state index contributed by atoms with van der Waals surface area (Å²) in [7, 11) is 3.75. The SMILES string of the molecule is CN(C)CCC(O)c1ccc(C(F)(F)F)cc1. The molecule has 0 heterocycles. The topological polar surface area (TPSA) is 23.5 Å². The van der Waals surface area contributed by atoms with Crippen LogP contribution in [0.5, 0.6) is 0 Å². The van der Waals surface area contributed by atoms with Crippen LogP contribution in [0.2, 0.25) is 0 Å². The molecule has 0 amide bonds. The van der Waals surface area contributed by atoms with Crippen molar-refractivity contribution in [2.75, 3.05) is 20.6 Å². The van der Waals surface area contributed by atoms with Crippen LogP contribution < -0.4 is 0 Å². The zero-order chi connectivity index (χ0) is 13.1. The van der Waals surface area contributed by atoms with Crippen molar-refractivity contribution in [1.29, 1.82) is 0 Å². The molecule has 1 aromatic carbocycles. The summed E-state index contributed by atoms with van der Waals surface area (Å²) >= 11 is 0. The molecular weight excluding hydrogens is 231 g/mol. The Hall–Kier alpha value is -1.07. The first-order valence-corrected chi connectivity index (χ1v) is 5.30. The lowest BCUT2D eigenvalue weighted by Gasteiger charge is -2.15. The second-order valence-corrected chi connectivity index (χ2v) is 4.23. The zero-order valence-corrected chi connectivity index (χ0v) is 9.83. The van der Waals surface area contributed by atoms with E-state index in [1.807, 2.05) is 19.0 Å². The Kier molecular flexibility index (Phi) is 4.54. The Balaban J connectivity index is 2.67. The molecule has 1 rings (SSSR count). The molecule has 0 aliphatic rings. The largest absolute Gasteiger partial charge is 0.416 e. The molecule has 1 N–H and O–H groups in total. The normalized spacial score (nSPS) is 14.1. The highest BCUT2D eigenvalue weighted by Crippen LogP contribution is 2.30. The highest BCUT2D eigenvalue weighted by atomic mass is 19.4. The number of halogens is 3. The predicted molar refractivity (Wildman–Crippen MR) is 59.6 cm³/mol. The van der Waals surface area contributed by atoms with E-state index in [4.69, 9.17) is 0 Å². The lowest BCUT2D eigenvalue weighted by Crippen LogP contribution is -2.16. The van der Waals surface area contributed by atoms with Gasteiger partial charge >= 0.3 is 6.18 Å². The maximum absolute atomic E-state index is 12.3. The lowest BCUT2D eigenvalue weighted by molar-refractivity contribution is -0.137. The van der Waals surface area contributed by atoms with E-state index >= 15 is 0 Å². The molecular formula is C12H16F3NO. The summed E-state index contributed by atoms with van der Waals surface area (Å²) in [5.41, 5.74) is -0.180. The van der Waals surface area contributed by atoms with E-state index in [0.717, 1.165) is 12.1 Å². The second kappa shape index (κ2) is 5.51. The van der Waals surface area contributed by atoms with Crippen molar-refractivity contribution >= 4 is 0 Å². The minimum Gasteiger partial charge on any atom is -0.388 e. The van der Waals surface area contributed by atoms with Crippen molar-refractivity contribution in [2.24, 2.45) is 0 Å². The van der Waals surface area contributed by atoms with Gasteiger partial charge in [-0.2, -0.15) is 13.2 Å². The summed E-state index contributed by atoms with van der Waals surface area (Å²) in [6, 6.07) is 4.63. The molecule has 0 aromatic heterocycles. The molecule has 0 radical (unpaired) electrons. The number of benzene rings is 1. The van der Waals surface area contributed by atoms with Gasteiger partial charge in [-0.1, -0.05) is 12.1 Å². The van der Waals surface area contributed by atoms with E-state index in [1.54, 1.807) is 0 Å². The van der Waals surface area contributed by atoms with Gasteiger partial charge < -0.3 is 10.0 Å². The molecule has 0 aliphatic heterocycles. The fourth-order valence-corrected chi connectivity index (χ4v) is 1.44. The van der Waals surface area contributed by atoms with Crippen molar-refractivity contribution in [3.8, 4) is 0 Å². The molecule has 0 aliphatic carbocycles. The average Bonchev–Trinajstić information content (AvgIpc) is 2.25. The van der Waals surface area contributed by atoms with Crippen LogP contribution in [-0.4, -0.2) is 30.6 Å². The summed E-state index contributed by atoms with van der Waals surface area (Å²) in [6.45, 7) is 0.683. The third-order valence-corrected chi connectivity index (χ3v) is 2.47. The van der Waals surface area contributed by atoms with E-state index in [2.05, 4.69) is 0 Å². The third kappa shape index (κ3) is 4.36. The van der Waals surface area contributed by atoms with Crippen LogP contribution in [0.15, 0.2) is 24.3 Å². The number of rotatable bonds is 4. The minimum absolute atomic E-state index is 0.498. The van der Waals surface area contributed by atoms with Gasteiger partial charge in [0.1, 0.15) is 0 Å². The Labute approximate surface area is 98.7 Å². The first-order chi connectivity index (χ1) is 7.80. The van der Waals surface area contributed by atoms with Crippen molar-refractivity contribution in [2.45, 2.75) is 18.7 Å². The van der Waals surface area contributed by atoms with E-state index in [-0.39, 0.29) is 0 Å². The highest BCUT2D eigenvalue weighted by Gasteiger charge is 2.30. The van der Waals surface area contributed by atoms with Gasteiger partial charge in [0, 0.05) is 6.54 Å². The summed E-state index contributed by atoms with van der Waals surface area (Å²) in [5, 5.41) is 9.76. The molecule has 0 saturated carbocycles. The number of hydrogen-bond acceptors (Lipinski definition) is 2. The molecule has 1 unspecified atom stereocenters. The summed E-state index contributed by atoms with van der Waals surface area (Å²) in [6.07, 6.45) is -4.55. The molecule has 1 aromatic rings. The number of aliphatic hydroxyl groups excluding tert-OH is 1. The molecule has 96 valence electrons. The number of alkyl halides is 3. The number of hydrogen-bond donors (Lipinski definition) is 1. The second-order valence-electron chi connectivity index (χ2n) is 4.23. The molecule has 5 heteroatoms. The number of aliphatic hydroxyl groups is 1. The smallest absolute Gasteiger partial charge is 0.388 e. The predicted octanol–water partition coefficient (Wildman–Crippen LogP) is 2.69. The van der Waals surface area contributed by atoms with Crippen LogP contribution in [0.25, 0.3) is 0 Å². The molecule has 17 heavy (non-hydrogen) atoms. The summed E-state index contributed by atoms with van der Waals surface area (Å²) < 4.78 is 36.9. The first-order valence-electron chi connectivity index (χ1n) is 5.30. The Morgan fingerprint density at radius 1 is 1.18 bits per heavy atom. The van der Waals surface area contributed by atoms with Gasteiger partial charge in [0.15, 0.2) is 0 Å². The summed E-state index contributed by atoms with van der Waals surface area (Å²) in [5.74, 6) is 0. The van der Waals surface area contributed by atoms with Gasteiger partial charge in [0.05, 0.1) is 11.7 Å². The summed E-state index contributed by atoms with van der Waals surface area (Å²) in [4.78, 5) is 1.91. The van der Waals surface area contributed by atoms with E-state index in [0.29, 0.717) is 18.5 Å². The van der Waals surface area contributed by atoms with Crippen LogP contribution in [0.4, 0.5) is 13.2 Å². The minimum atomic E-state index is -4.33. The molecule has 1 atom stereocenters. The molecule has 0 fully saturated rings. The van der Waals surface area contributed by atoms with Crippen LogP contribution in [0.1, 0.15) is 23.7 Å². The van der Waals surface area contributed by atoms with Crippen LogP contribution in [-0.2, 0) is 6.18 Å². The monoisotopic (exact) mass is 247 g/mol. The first kappa shape index (κ1) is 14.0. The average molecular weight is 247 g/mol. The van der Waals surface area contributed by atoms with Crippen molar-refractivity contribution in [3.05, 3.63) is 35.4 Å². The Morgan fingerprint density at radius 3 is 2.12 bits per heavy atom. The van der Waals surface area contributed by atoms with Gasteiger partial charge in [-0.05, 0) is 38.2 Å². The number of nitrogens with zero attached hydrogens (tertiary/aromatic N) is 1. The van der Waals surface area contributed by atoms with Gasteiger partial charge in [0.2, 0.25) is 0 Å². The van der Waals surface area contributed by atoms with E-state index in [9.17, 15) is 18.3 Å². The third-order valence-electron chi connectivity index (χ3n) is 2.47. The van der Waals surface area contributed by atoms with Gasteiger partial charge in [-0.25, -0.2) is 0 Å². The van der Waals surface area contributed by atoms with E-state index < -0.39 is 17.8 Å². The zero-order valence-electron chi connectivity index (χ0n) is 9.83. The fraction of sp³-hybridized carbons (Fsp3) is 0.500. The Morgan fingerprint density at radius 2 is 1.71 bits per heavy atom. The Bertz CT molecular complexity index is 346. The van der Waals surface area contributed by atoms with Crippen LogP contribution in [0, 0.1) is 0 Å². The lowest BCUT2D eigenvalue weighted by atomic mass is 10.0. The van der Waals surface area contributed by atoms with E-state index in [1.165, 1.54) is 12.1 Å². The van der Waals surface area contributed by atoms with Gasteiger partial charge in [-0.15, -0.1) is 0 Å². The molecule has 0 saturated heterocycles. The quantitative estimate of drug-likeness (QED) is 0.884. The fourth-order valence-electron chi connectivity index (χ4n) is 1.44. The highest BCUT2D eigenvalue weighted by molar-refractivity contribution is 5.25. The molecule has 2 nitrogen and oxygen atoms in total. The van der Waals surface area contributed by atoms with Crippen LogP contribution in [0.3, 0.4) is 0 Å². The van der Waals surface area contributed by atoms with Crippen molar-refractivity contribution in [1.82, 2.24) is 4.90 Å². The maximum Gasteiger partial charge on any atom is 0.416 e. The van der Waals surface area contributed by atoms with Gasteiger partial charge in [0.25, 0.3) is 0 Å². The van der Waals surface area contributed by atoms with Crippen LogP contribution >= 0.6 is 0 Å². The molecule has 0 bridgehead atoms. The van der Waals surface area contributed by atoms with Crippen molar-refractivity contribution in [3.63, 3.8) is 0 Å². The molecule has 0 spiro atoms. The van der Waals surface area contributed by atoms with Crippen molar-refractivity contribution < 1.29 is 18.3 Å².